The third-order valence-corrected chi connectivity index (χ3v) is 3.25. The van der Waals surface area contributed by atoms with E-state index >= 15 is 0 Å². The van der Waals surface area contributed by atoms with Crippen molar-refractivity contribution in [2.24, 2.45) is 0 Å². The van der Waals surface area contributed by atoms with Gasteiger partial charge >= 0.3 is 0 Å². The van der Waals surface area contributed by atoms with E-state index in [1.165, 1.54) is 15.4 Å². The van der Waals surface area contributed by atoms with Crippen molar-refractivity contribution in [2.45, 2.75) is 18.2 Å². The molecule has 0 saturated carbocycles. The lowest BCUT2D eigenvalue weighted by atomic mass is 10.1. The Morgan fingerprint density at radius 1 is 1.38 bits per heavy atom. The highest BCUT2D eigenvalue weighted by molar-refractivity contribution is 8.03. The third-order valence-electron chi connectivity index (χ3n) is 2.15. The van der Waals surface area contributed by atoms with E-state index in [0.717, 1.165) is 12.2 Å². The normalized spacial score (nSPS) is 14.8. The van der Waals surface area contributed by atoms with Crippen LogP contribution in [0.4, 0.5) is 0 Å². The van der Waals surface area contributed by atoms with Gasteiger partial charge in [0.2, 0.25) is 0 Å². The van der Waals surface area contributed by atoms with E-state index in [2.05, 4.69) is 25.1 Å². The average molecular weight is 192 g/mol. The van der Waals surface area contributed by atoms with Crippen LogP contribution in [0.3, 0.4) is 0 Å². The molecule has 0 unspecified atom stereocenters. The molecule has 2 heteroatoms. The summed E-state index contributed by atoms with van der Waals surface area (Å²) in [4.78, 5) is 2.75. The molecule has 1 aliphatic heterocycles. The highest BCUT2D eigenvalue weighted by atomic mass is 32.2. The van der Waals surface area contributed by atoms with Gasteiger partial charge in [-0.25, -0.2) is 0 Å². The van der Waals surface area contributed by atoms with Gasteiger partial charge in [0.25, 0.3) is 0 Å². The molecule has 0 amide bonds. The zero-order valence-electron chi connectivity index (χ0n) is 7.83. The van der Waals surface area contributed by atoms with E-state index in [1.807, 2.05) is 17.8 Å². The lowest BCUT2D eigenvalue weighted by Crippen LogP contribution is -1.93. The van der Waals surface area contributed by atoms with Crippen LogP contribution < -0.4 is 4.74 Å². The number of rotatable bonds is 1. The first kappa shape index (κ1) is 8.70. The van der Waals surface area contributed by atoms with Gasteiger partial charge in [0, 0.05) is 4.90 Å². The molecule has 0 radical (unpaired) electrons. The quantitative estimate of drug-likeness (QED) is 0.675. The van der Waals surface area contributed by atoms with Gasteiger partial charge in [-0.1, -0.05) is 17.8 Å². The molecule has 1 heterocycles. The molecule has 0 bridgehead atoms. The van der Waals surface area contributed by atoms with Crippen molar-refractivity contribution < 1.29 is 4.74 Å². The molecular formula is C11H12OS. The second kappa shape index (κ2) is 3.46. The minimum Gasteiger partial charge on any atom is -0.497 e. The van der Waals surface area contributed by atoms with Crippen LogP contribution in [0.25, 0.3) is 0 Å². The van der Waals surface area contributed by atoms with E-state index < -0.39 is 0 Å². The maximum atomic E-state index is 5.18. The molecule has 0 aromatic heterocycles. The van der Waals surface area contributed by atoms with E-state index in [-0.39, 0.29) is 0 Å². The fraction of sp³-hybridized carbons (Fsp3) is 0.273. The van der Waals surface area contributed by atoms with Gasteiger partial charge in [-0.15, -0.1) is 0 Å². The van der Waals surface area contributed by atoms with Gasteiger partial charge in [-0.2, -0.15) is 0 Å². The van der Waals surface area contributed by atoms with Gasteiger partial charge in [0.1, 0.15) is 5.75 Å². The Balaban J connectivity index is 2.36. The zero-order chi connectivity index (χ0) is 9.26. The van der Waals surface area contributed by atoms with Crippen LogP contribution >= 0.6 is 11.8 Å². The largest absolute Gasteiger partial charge is 0.497 e. The molecule has 68 valence electrons. The topological polar surface area (TPSA) is 9.23 Å². The molecule has 0 spiro atoms. The highest BCUT2D eigenvalue weighted by Crippen LogP contribution is 2.35. The van der Waals surface area contributed by atoms with Crippen molar-refractivity contribution in [3.8, 4) is 5.75 Å². The molecule has 0 fully saturated rings. The van der Waals surface area contributed by atoms with Crippen LogP contribution in [0.15, 0.2) is 34.1 Å². The zero-order valence-corrected chi connectivity index (χ0v) is 8.65. The van der Waals surface area contributed by atoms with Crippen molar-refractivity contribution in [1.82, 2.24) is 0 Å². The predicted molar refractivity (Wildman–Crippen MR) is 56.3 cm³/mol. The number of ether oxygens (including phenoxy) is 1. The van der Waals surface area contributed by atoms with Crippen LogP contribution in [0, 0.1) is 0 Å². The van der Waals surface area contributed by atoms with Gasteiger partial charge in [-0.05, 0) is 42.0 Å². The number of allylic oxidation sites excluding steroid dienone is 2. The molecule has 1 aromatic rings. The molecule has 0 N–H and O–H groups in total. The second-order valence-electron chi connectivity index (χ2n) is 3.09. The van der Waals surface area contributed by atoms with Crippen molar-refractivity contribution in [3.05, 3.63) is 34.7 Å². The van der Waals surface area contributed by atoms with E-state index in [4.69, 9.17) is 4.74 Å². The molecule has 13 heavy (non-hydrogen) atoms. The lowest BCUT2D eigenvalue weighted by molar-refractivity contribution is 0.414. The second-order valence-corrected chi connectivity index (χ2v) is 4.38. The fourth-order valence-corrected chi connectivity index (χ4v) is 2.33. The van der Waals surface area contributed by atoms with Gasteiger partial charge < -0.3 is 4.74 Å². The Morgan fingerprint density at radius 3 is 3.00 bits per heavy atom. The van der Waals surface area contributed by atoms with Crippen molar-refractivity contribution >= 4 is 11.8 Å². The Labute approximate surface area is 82.8 Å². The van der Waals surface area contributed by atoms with E-state index in [9.17, 15) is 0 Å². The number of hydrogen-bond acceptors (Lipinski definition) is 2. The Hall–Kier alpha value is -0.890. The van der Waals surface area contributed by atoms with Crippen LogP contribution in [-0.2, 0) is 6.42 Å². The molecule has 1 aliphatic rings. The molecular weight excluding hydrogens is 180 g/mol. The van der Waals surface area contributed by atoms with E-state index in [0.29, 0.717) is 0 Å². The summed E-state index contributed by atoms with van der Waals surface area (Å²) in [5.41, 5.74) is 1.37. The fourth-order valence-electron chi connectivity index (χ4n) is 1.41. The predicted octanol–water partition coefficient (Wildman–Crippen LogP) is 3.25. The Kier molecular flexibility index (Phi) is 2.32. The van der Waals surface area contributed by atoms with Gasteiger partial charge in [0.15, 0.2) is 0 Å². The van der Waals surface area contributed by atoms with Crippen LogP contribution in [0.5, 0.6) is 5.75 Å². The minimum atomic E-state index is 0.951. The van der Waals surface area contributed by atoms with Crippen LogP contribution in [-0.4, -0.2) is 7.11 Å². The number of benzene rings is 1. The summed E-state index contributed by atoms with van der Waals surface area (Å²) in [5, 5.41) is 0. The first-order valence-corrected chi connectivity index (χ1v) is 5.13. The monoisotopic (exact) mass is 192 g/mol. The SMILES string of the molecule is COc1ccc2c(c1)CC=C(C)S2. The molecule has 2 rings (SSSR count). The van der Waals surface area contributed by atoms with Crippen LogP contribution in [0.2, 0.25) is 0 Å². The Bertz CT molecular complexity index is 355. The molecule has 0 saturated heterocycles. The standard InChI is InChI=1S/C11H12OS/c1-8-3-4-9-7-10(12-2)5-6-11(9)13-8/h3,5-7H,4H2,1-2H3. The van der Waals surface area contributed by atoms with E-state index in [1.54, 1.807) is 7.11 Å². The number of methoxy groups -OCH3 is 1. The van der Waals surface area contributed by atoms with Crippen molar-refractivity contribution in [1.29, 1.82) is 0 Å². The number of hydrogen-bond donors (Lipinski definition) is 0. The maximum absolute atomic E-state index is 5.18. The van der Waals surface area contributed by atoms with Crippen LogP contribution in [0.1, 0.15) is 12.5 Å². The summed E-state index contributed by atoms with van der Waals surface area (Å²) in [5.74, 6) is 0.951. The highest BCUT2D eigenvalue weighted by Gasteiger charge is 2.09. The number of fused-ring (bicyclic) bond motifs is 1. The summed E-state index contributed by atoms with van der Waals surface area (Å²) in [6.07, 6.45) is 3.29. The lowest BCUT2D eigenvalue weighted by Gasteiger charge is -2.14. The summed E-state index contributed by atoms with van der Waals surface area (Å²) < 4.78 is 5.18. The summed E-state index contributed by atoms with van der Waals surface area (Å²) >= 11 is 1.84. The first-order valence-electron chi connectivity index (χ1n) is 4.31. The summed E-state index contributed by atoms with van der Waals surface area (Å²) in [7, 11) is 1.71. The smallest absolute Gasteiger partial charge is 0.119 e. The molecule has 0 atom stereocenters. The molecule has 0 aliphatic carbocycles. The molecule has 1 aromatic carbocycles. The summed E-state index contributed by atoms with van der Waals surface area (Å²) in [6, 6.07) is 6.27. The van der Waals surface area contributed by atoms with Gasteiger partial charge in [0.05, 0.1) is 7.11 Å². The van der Waals surface area contributed by atoms with Crippen molar-refractivity contribution in [2.75, 3.05) is 7.11 Å². The van der Waals surface area contributed by atoms with Gasteiger partial charge in [-0.3, -0.25) is 0 Å². The first-order chi connectivity index (χ1) is 6.29. The average Bonchev–Trinajstić information content (AvgIpc) is 2.17. The third kappa shape index (κ3) is 1.73. The maximum Gasteiger partial charge on any atom is 0.119 e. The van der Waals surface area contributed by atoms with Crippen molar-refractivity contribution in [3.63, 3.8) is 0 Å². The minimum absolute atomic E-state index is 0.951. The Morgan fingerprint density at radius 2 is 2.23 bits per heavy atom. The summed E-state index contributed by atoms with van der Waals surface area (Å²) in [6.45, 7) is 2.15. The molecule has 1 nitrogen and oxygen atoms in total. The number of thioether (sulfide) groups is 1.